The Morgan fingerprint density at radius 2 is 1.90 bits per heavy atom. The molecule has 0 aliphatic carbocycles. The van der Waals surface area contributed by atoms with E-state index in [9.17, 15) is 14.7 Å². The number of benzene rings is 2. The Kier molecular flexibility index (Phi) is 4.30. The molecule has 0 radical (unpaired) electrons. The number of aryl methyl sites for hydroxylation is 1. The molecule has 0 saturated heterocycles. The Hall–Kier alpha value is -3.41. The lowest BCUT2D eigenvalue weighted by molar-refractivity contribution is -0.137. The van der Waals surface area contributed by atoms with E-state index in [1.807, 2.05) is 32.9 Å². The molecule has 0 atom stereocenters. The van der Waals surface area contributed by atoms with Gasteiger partial charge in [0.2, 0.25) is 0 Å². The predicted molar refractivity (Wildman–Crippen MR) is 107 cm³/mol. The first-order valence-corrected chi connectivity index (χ1v) is 9.40. The molecular weight excluding hydrogens is 370 g/mol. The molecule has 3 aromatic rings. The third-order valence-electron chi connectivity index (χ3n) is 5.13. The van der Waals surface area contributed by atoms with E-state index < -0.39 is 11.9 Å². The van der Waals surface area contributed by atoms with Crippen LogP contribution in [0.15, 0.2) is 45.8 Å². The Labute approximate surface area is 166 Å². The molecule has 0 unspecified atom stereocenters. The number of aromatic hydroxyl groups is 1. The molecule has 6 heteroatoms. The van der Waals surface area contributed by atoms with Crippen molar-refractivity contribution in [3.8, 4) is 5.95 Å². The normalized spacial score (nSPS) is 13.6. The van der Waals surface area contributed by atoms with Crippen molar-refractivity contribution in [1.82, 2.24) is 0 Å². The Bertz CT molecular complexity index is 1290. The number of nitrogens with zero attached hydrogens (tertiary/aromatic N) is 1. The van der Waals surface area contributed by atoms with Crippen LogP contribution in [0.1, 0.15) is 43.9 Å². The number of carboxylic acid groups (broad SMARTS) is 1. The highest BCUT2D eigenvalue weighted by Crippen LogP contribution is 2.41. The van der Waals surface area contributed by atoms with Gasteiger partial charge in [0.1, 0.15) is 5.58 Å². The Morgan fingerprint density at radius 3 is 2.59 bits per heavy atom. The molecule has 2 aromatic carbocycles. The fourth-order valence-corrected chi connectivity index (χ4v) is 3.75. The summed E-state index contributed by atoms with van der Waals surface area (Å²) >= 11 is 0. The summed E-state index contributed by atoms with van der Waals surface area (Å²) in [6.07, 6.45) is 0.325. The monoisotopic (exact) mass is 391 g/mol. The van der Waals surface area contributed by atoms with Crippen LogP contribution in [0.3, 0.4) is 0 Å². The van der Waals surface area contributed by atoms with Crippen molar-refractivity contribution < 1.29 is 24.2 Å². The molecule has 29 heavy (non-hydrogen) atoms. The van der Waals surface area contributed by atoms with Gasteiger partial charge in [-0.25, -0.2) is 4.99 Å². The number of fused-ring (bicyclic) bond motifs is 2. The van der Waals surface area contributed by atoms with Gasteiger partial charge < -0.3 is 14.6 Å². The lowest BCUT2D eigenvalue weighted by atomic mass is 9.83. The standard InChI is InChI=1S/C23H21NO5/c1-23(2,3)15-11-12(8-9-17(25)26)10-14-19(22(28)29-20(14)15)18-13-6-4-5-7-16(13)24-21(18)27/h4-7,10-11,28H,8-9H2,1-3H3,(H,25,26). The van der Waals surface area contributed by atoms with Crippen LogP contribution in [0.2, 0.25) is 0 Å². The van der Waals surface area contributed by atoms with Gasteiger partial charge in [0, 0.05) is 22.6 Å². The minimum Gasteiger partial charge on any atom is -0.481 e. The maximum Gasteiger partial charge on any atom is 0.303 e. The fraction of sp³-hybridized carbons (Fsp3) is 0.261. The van der Waals surface area contributed by atoms with E-state index in [-0.39, 0.29) is 17.8 Å². The average Bonchev–Trinajstić information content (AvgIpc) is 3.13. The molecule has 148 valence electrons. The van der Waals surface area contributed by atoms with Crippen LogP contribution in [0.5, 0.6) is 5.95 Å². The molecule has 0 spiro atoms. The third-order valence-corrected chi connectivity index (χ3v) is 5.13. The van der Waals surface area contributed by atoms with E-state index in [0.717, 1.165) is 11.1 Å². The SMILES string of the molecule is CC(C)(C)c1cc(CCC(=O)O)cc2c(C3=c4ccccc4=NC3=O)c(O)oc12. The number of carboxylic acids is 1. The van der Waals surface area contributed by atoms with Crippen molar-refractivity contribution in [3.63, 3.8) is 0 Å². The molecule has 0 fully saturated rings. The molecule has 1 aromatic heterocycles. The van der Waals surface area contributed by atoms with Crippen LogP contribution in [0.25, 0.3) is 16.5 Å². The van der Waals surface area contributed by atoms with Crippen molar-refractivity contribution in [2.45, 2.75) is 39.0 Å². The van der Waals surface area contributed by atoms with Gasteiger partial charge in [0.25, 0.3) is 11.9 Å². The zero-order chi connectivity index (χ0) is 20.9. The number of aliphatic carboxylic acids is 1. The van der Waals surface area contributed by atoms with Crippen LogP contribution in [0, 0.1) is 0 Å². The summed E-state index contributed by atoms with van der Waals surface area (Å²) < 4.78 is 5.74. The van der Waals surface area contributed by atoms with Gasteiger partial charge in [0.15, 0.2) is 0 Å². The number of carbonyl (C=O) groups is 2. The highest BCUT2D eigenvalue weighted by Gasteiger charge is 2.30. The van der Waals surface area contributed by atoms with E-state index in [0.29, 0.717) is 39.1 Å². The largest absolute Gasteiger partial charge is 0.481 e. The summed E-state index contributed by atoms with van der Waals surface area (Å²) in [6, 6.07) is 10.9. The first-order chi connectivity index (χ1) is 13.7. The van der Waals surface area contributed by atoms with Crippen molar-refractivity contribution in [2.75, 3.05) is 0 Å². The Balaban J connectivity index is 2.06. The van der Waals surface area contributed by atoms with Crippen molar-refractivity contribution in [2.24, 2.45) is 4.99 Å². The number of amides is 1. The summed E-state index contributed by atoms with van der Waals surface area (Å²) in [5.41, 5.74) is 2.43. The summed E-state index contributed by atoms with van der Waals surface area (Å²) in [7, 11) is 0. The van der Waals surface area contributed by atoms with Gasteiger partial charge in [0.05, 0.1) is 16.5 Å². The second kappa shape index (κ2) is 6.58. The van der Waals surface area contributed by atoms with E-state index >= 15 is 0 Å². The minimum atomic E-state index is -0.884. The molecule has 6 nitrogen and oxygen atoms in total. The number of rotatable bonds is 4. The summed E-state index contributed by atoms with van der Waals surface area (Å²) in [4.78, 5) is 27.8. The third kappa shape index (κ3) is 3.20. The smallest absolute Gasteiger partial charge is 0.303 e. The summed E-state index contributed by atoms with van der Waals surface area (Å²) in [5.74, 6) is -1.65. The van der Waals surface area contributed by atoms with Crippen LogP contribution in [-0.2, 0) is 21.4 Å². The van der Waals surface area contributed by atoms with Crippen molar-refractivity contribution in [1.29, 1.82) is 0 Å². The molecule has 4 rings (SSSR count). The summed E-state index contributed by atoms with van der Waals surface area (Å²) in [5, 5.41) is 21.5. The van der Waals surface area contributed by atoms with Crippen LogP contribution in [0.4, 0.5) is 0 Å². The maximum atomic E-state index is 12.7. The van der Waals surface area contributed by atoms with Gasteiger partial charge in [-0.3, -0.25) is 9.59 Å². The van der Waals surface area contributed by atoms with E-state index in [2.05, 4.69) is 4.99 Å². The van der Waals surface area contributed by atoms with E-state index in [1.54, 1.807) is 24.3 Å². The number of para-hydroxylation sites is 1. The van der Waals surface area contributed by atoms with Gasteiger partial charge in [-0.05, 0) is 29.5 Å². The molecule has 1 aliphatic heterocycles. The predicted octanol–water partition coefficient (Wildman–Crippen LogP) is 2.81. The minimum absolute atomic E-state index is 0.0120. The van der Waals surface area contributed by atoms with Crippen molar-refractivity contribution in [3.05, 3.63) is 63.7 Å². The second-order valence-corrected chi connectivity index (χ2v) is 8.26. The van der Waals surface area contributed by atoms with Gasteiger partial charge in [-0.1, -0.05) is 45.0 Å². The van der Waals surface area contributed by atoms with Crippen molar-refractivity contribution >= 4 is 28.4 Å². The van der Waals surface area contributed by atoms with E-state index in [4.69, 9.17) is 9.52 Å². The molecule has 2 heterocycles. The maximum absolute atomic E-state index is 12.7. The molecule has 0 bridgehead atoms. The number of hydrogen-bond donors (Lipinski definition) is 2. The number of hydrogen-bond acceptors (Lipinski definition) is 4. The van der Waals surface area contributed by atoms with Gasteiger partial charge in [-0.2, -0.15) is 0 Å². The quantitative estimate of drug-likeness (QED) is 0.712. The van der Waals surface area contributed by atoms with Crippen LogP contribution in [-0.4, -0.2) is 22.1 Å². The zero-order valence-electron chi connectivity index (χ0n) is 16.4. The molecule has 1 amide bonds. The molecule has 0 saturated carbocycles. The van der Waals surface area contributed by atoms with Crippen LogP contribution >= 0.6 is 0 Å². The first-order valence-electron chi connectivity index (χ1n) is 9.40. The fourth-order valence-electron chi connectivity index (χ4n) is 3.75. The highest BCUT2D eigenvalue weighted by molar-refractivity contribution is 6.24. The van der Waals surface area contributed by atoms with Crippen LogP contribution < -0.4 is 10.6 Å². The Morgan fingerprint density at radius 1 is 1.17 bits per heavy atom. The summed E-state index contributed by atoms with van der Waals surface area (Å²) in [6.45, 7) is 6.04. The average molecular weight is 391 g/mol. The van der Waals surface area contributed by atoms with E-state index in [1.165, 1.54) is 0 Å². The molecule has 1 aliphatic rings. The lowest BCUT2D eigenvalue weighted by Crippen LogP contribution is -2.22. The van der Waals surface area contributed by atoms with Gasteiger partial charge in [-0.15, -0.1) is 0 Å². The first kappa shape index (κ1) is 18.9. The zero-order valence-corrected chi connectivity index (χ0v) is 16.4. The second-order valence-electron chi connectivity index (χ2n) is 8.26. The number of furan rings is 1. The van der Waals surface area contributed by atoms with Gasteiger partial charge >= 0.3 is 5.97 Å². The lowest BCUT2D eigenvalue weighted by Gasteiger charge is -2.20. The highest BCUT2D eigenvalue weighted by atomic mass is 16.5. The molecule has 2 N–H and O–H groups in total. The molecular formula is C23H21NO5. The number of carbonyl (C=O) groups excluding carboxylic acids is 1. The topological polar surface area (TPSA) is 100 Å².